The second-order valence-corrected chi connectivity index (χ2v) is 6.65. The van der Waals surface area contributed by atoms with Gasteiger partial charge in [0.2, 0.25) is 0 Å². The fraction of sp³-hybridized carbons (Fsp3) is 0.200. The van der Waals surface area contributed by atoms with Gasteiger partial charge in [0, 0.05) is 5.57 Å². The van der Waals surface area contributed by atoms with Gasteiger partial charge in [0.15, 0.2) is 0 Å². The number of phenolic OH excluding ortho intramolecular Hbond substituents is 2. The molecule has 1 unspecified atom stereocenters. The highest BCUT2D eigenvalue weighted by molar-refractivity contribution is 5.97. The minimum atomic E-state index is -0.313. The van der Waals surface area contributed by atoms with Crippen molar-refractivity contribution in [3.05, 3.63) is 89.0 Å². The van der Waals surface area contributed by atoms with E-state index >= 15 is 0 Å². The first-order valence-electron chi connectivity index (χ1n) is 9.60. The van der Waals surface area contributed by atoms with E-state index in [1.165, 1.54) is 5.56 Å². The maximum Gasteiger partial charge on any atom is 0.150 e. The molecule has 0 amide bonds. The number of benzene rings is 3. The van der Waals surface area contributed by atoms with Crippen LogP contribution in [0.1, 0.15) is 49.1 Å². The van der Waals surface area contributed by atoms with Gasteiger partial charge in [0.05, 0.1) is 5.56 Å². The Morgan fingerprint density at radius 3 is 2.18 bits per heavy atom. The summed E-state index contributed by atoms with van der Waals surface area (Å²) in [4.78, 5) is 0. The third-order valence-electron chi connectivity index (χ3n) is 4.83. The zero-order chi connectivity index (χ0) is 20.3. The van der Waals surface area contributed by atoms with Crippen LogP contribution in [-0.4, -0.2) is 10.2 Å². The zero-order valence-corrected chi connectivity index (χ0v) is 16.7. The van der Waals surface area contributed by atoms with Gasteiger partial charge >= 0.3 is 0 Å². The van der Waals surface area contributed by atoms with Crippen molar-refractivity contribution in [3.63, 3.8) is 0 Å². The molecular weight excluding hydrogens is 348 g/mol. The maximum atomic E-state index is 10.4. The third-order valence-corrected chi connectivity index (χ3v) is 4.83. The zero-order valence-electron chi connectivity index (χ0n) is 16.7. The number of allylic oxidation sites excluding steroid dienone is 1. The quantitative estimate of drug-likeness (QED) is 0.538. The highest BCUT2D eigenvalue weighted by Crippen LogP contribution is 2.49. The number of aryl methyl sites for hydroxylation is 1. The second-order valence-electron chi connectivity index (χ2n) is 6.65. The number of hydrogen-bond acceptors (Lipinski definition) is 3. The van der Waals surface area contributed by atoms with E-state index in [2.05, 4.69) is 31.2 Å². The van der Waals surface area contributed by atoms with E-state index in [-0.39, 0.29) is 17.6 Å². The van der Waals surface area contributed by atoms with Crippen LogP contribution in [0.5, 0.6) is 17.2 Å². The molecule has 3 nitrogen and oxygen atoms in total. The van der Waals surface area contributed by atoms with E-state index in [0.717, 1.165) is 22.3 Å². The van der Waals surface area contributed by atoms with Crippen molar-refractivity contribution < 1.29 is 14.9 Å². The molecule has 0 aromatic heterocycles. The van der Waals surface area contributed by atoms with Gasteiger partial charge in [-0.15, -0.1) is 0 Å². The second kappa shape index (κ2) is 8.22. The minimum absolute atomic E-state index is 0.194. The highest BCUT2D eigenvalue weighted by Gasteiger charge is 2.30. The summed E-state index contributed by atoms with van der Waals surface area (Å²) in [7, 11) is 0. The molecule has 0 radical (unpaired) electrons. The molecule has 3 aromatic carbocycles. The first-order chi connectivity index (χ1) is 13.5. The summed E-state index contributed by atoms with van der Waals surface area (Å²) in [6, 6.07) is 20.7. The Morgan fingerprint density at radius 1 is 0.821 bits per heavy atom. The lowest BCUT2D eigenvalue weighted by atomic mass is 9.85. The normalized spacial score (nSPS) is 15.2. The number of rotatable bonds is 2. The highest BCUT2D eigenvalue weighted by atomic mass is 16.5. The molecule has 4 rings (SSSR count). The summed E-state index contributed by atoms with van der Waals surface area (Å²) in [5, 5.41) is 20.3. The Morgan fingerprint density at radius 2 is 1.50 bits per heavy atom. The van der Waals surface area contributed by atoms with Gasteiger partial charge in [-0.3, -0.25) is 0 Å². The van der Waals surface area contributed by atoms with Gasteiger partial charge in [0.1, 0.15) is 23.4 Å². The molecule has 0 saturated carbocycles. The van der Waals surface area contributed by atoms with Gasteiger partial charge in [-0.05, 0) is 54.8 Å². The van der Waals surface area contributed by atoms with Crippen LogP contribution in [0.25, 0.3) is 11.1 Å². The summed E-state index contributed by atoms with van der Waals surface area (Å²) in [5.41, 5.74) is 5.68. The van der Waals surface area contributed by atoms with Crippen molar-refractivity contribution in [1.29, 1.82) is 0 Å². The lowest BCUT2D eigenvalue weighted by Gasteiger charge is -2.31. The largest absolute Gasteiger partial charge is 0.508 e. The van der Waals surface area contributed by atoms with Crippen LogP contribution in [0.4, 0.5) is 0 Å². The molecule has 0 fully saturated rings. The van der Waals surface area contributed by atoms with Crippen LogP contribution in [-0.2, 0) is 0 Å². The molecule has 1 atom stereocenters. The molecule has 0 bridgehead atoms. The molecule has 28 heavy (non-hydrogen) atoms. The van der Waals surface area contributed by atoms with Crippen molar-refractivity contribution in [2.24, 2.45) is 0 Å². The summed E-state index contributed by atoms with van der Waals surface area (Å²) >= 11 is 0. The van der Waals surface area contributed by atoms with Gasteiger partial charge in [-0.2, -0.15) is 0 Å². The number of phenols is 2. The molecule has 0 aliphatic carbocycles. The predicted molar refractivity (Wildman–Crippen MR) is 115 cm³/mol. The molecule has 1 heterocycles. The van der Waals surface area contributed by atoms with Crippen LogP contribution in [0.15, 0.2) is 66.7 Å². The van der Waals surface area contributed by atoms with Crippen LogP contribution >= 0.6 is 0 Å². The maximum absolute atomic E-state index is 10.4. The Labute approximate surface area is 166 Å². The predicted octanol–water partition coefficient (Wildman–Crippen LogP) is 6.50. The molecule has 0 spiro atoms. The van der Waals surface area contributed by atoms with Gasteiger partial charge in [0.25, 0.3) is 0 Å². The van der Waals surface area contributed by atoms with E-state index < -0.39 is 0 Å². The van der Waals surface area contributed by atoms with Crippen LogP contribution in [0, 0.1) is 6.92 Å². The number of fused-ring (bicyclic) bond motifs is 1. The topological polar surface area (TPSA) is 49.7 Å². The van der Waals surface area contributed by atoms with Crippen molar-refractivity contribution >= 4 is 11.1 Å². The Balaban J connectivity index is 0.00000109. The number of aromatic hydroxyl groups is 2. The van der Waals surface area contributed by atoms with Crippen molar-refractivity contribution in [1.82, 2.24) is 0 Å². The molecule has 144 valence electrons. The Hall–Kier alpha value is -3.20. The molecule has 3 aromatic rings. The molecule has 1 aliphatic heterocycles. The number of ether oxygens (including phenoxy) is 1. The molecular formula is C25H26O3. The summed E-state index contributed by atoms with van der Waals surface area (Å²) in [6.45, 7) is 8.04. The van der Waals surface area contributed by atoms with E-state index in [1.54, 1.807) is 24.3 Å². The van der Waals surface area contributed by atoms with Crippen molar-refractivity contribution in [2.75, 3.05) is 0 Å². The van der Waals surface area contributed by atoms with Crippen molar-refractivity contribution in [3.8, 4) is 17.2 Å². The first-order valence-corrected chi connectivity index (χ1v) is 9.60. The lowest BCUT2D eigenvalue weighted by molar-refractivity contribution is 0.258. The SMILES string of the molecule is CC.CC1=C(c2cccc(O)c2)C(c2ccc(C)cc2)Oc2cccc(O)c21. The van der Waals surface area contributed by atoms with Crippen LogP contribution < -0.4 is 4.74 Å². The van der Waals surface area contributed by atoms with Crippen LogP contribution in [0.3, 0.4) is 0 Å². The smallest absolute Gasteiger partial charge is 0.150 e. The monoisotopic (exact) mass is 374 g/mol. The standard InChI is InChI=1S/C23H20O3.C2H6/c1-14-9-11-16(12-10-14)23-21(17-5-3-6-18(24)13-17)15(2)22-19(25)7-4-8-20(22)26-23;1-2/h3-13,23-25H,1-2H3;1-2H3. The summed E-state index contributed by atoms with van der Waals surface area (Å²) < 4.78 is 6.32. The van der Waals surface area contributed by atoms with Gasteiger partial charge in [-0.25, -0.2) is 0 Å². The average Bonchev–Trinajstić information content (AvgIpc) is 2.70. The molecule has 2 N–H and O–H groups in total. The molecule has 3 heteroatoms. The number of hydrogen-bond donors (Lipinski definition) is 2. The van der Waals surface area contributed by atoms with Crippen molar-refractivity contribution in [2.45, 2.75) is 33.8 Å². The van der Waals surface area contributed by atoms with E-state index in [0.29, 0.717) is 11.3 Å². The van der Waals surface area contributed by atoms with E-state index in [9.17, 15) is 10.2 Å². The molecule has 0 saturated heterocycles. The van der Waals surface area contributed by atoms with Crippen LogP contribution in [0.2, 0.25) is 0 Å². The Kier molecular flexibility index (Phi) is 5.74. The van der Waals surface area contributed by atoms with Gasteiger partial charge < -0.3 is 14.9 Å². The fourth-order valence-corrected chi connectivity index (χ4v) is 3.53. The lowest BCUT2D eigenvalue weighted by Crippen LogP contribution is -2.16. The average molecular weight is 374 g/mol. The van der Waals surface area contributed by atoms with E-state index in [4.69, 9.17) is 4.74 Å². The third kappa shape index (κ3) is 3.61. The minimum Gasteiger partial charge on any atom is -0.508 e. The van der Waals surface area contributed by atoms with E-state index in [1.807, 2.05) is 39.0 Å². The summed E-state index contributed by atoms with van der Waals surface area (Å²) in [5.74, 6) is 1.06. The molecule has 1 aliphatic rings. The first kappa shape index (κ1) is 19.6. The Bertz CT molecular complexity index is 1000. The summed E-state index contributed by atoms with van der Waals surface area (Å²) in [6.07, 6.45) is -0.313. The fourth-order valence-electron chi connectivity index (χ4n) is 3.53. The van der Waals surface area contributed by atoms with Gasteiger partial charge in [-0.1, -0.05) is 61.9 Å².